The summed E-state index contributed by atoms with van der Waals surface area (Å²) >= 11 is 0. The lowest BCUT2D eigenvalue weighted by molar-refractivity contribution is -0.947. The quantitative estimate of drug-likeness (QED) is 0.231. The molecule has 2 heterocycles. The Balaban J connectivity index is 1.34. The summed E-state index contributed by atoms with van der Waals surface area (Å²) in [5.74, 6) is 5.57. The number of nitrogens with one attached hydrogen (secondary N) is 1. The first-order valence-corrected chi connectivity index (χ1v) is 14.8. The first-order valence-electron chi connectivity index (χ1n) is 14.8. The number of piperidine rings is 1. The van der Waals surface area contributed by atoms with Crippen molar-refractivity contribution >= 4 is 11.9 Å². The number of phenols is 1. The van der Waals surface area contributed by atoms with Crippen LogP contribution in [0.25, 0.3) is 0 Å². The van der Waals surface area contributed by atoms with Gasteiger partial charge in [-0.05, 0) is 37.1 Å². The second kappa shape index (κ2) is 10.2. The molecule has 1 spiro atoms. The summed E-state index contributed by atoms with van der Waals surface area (Å²) in [5, 5.41) is 14.1. The van der Waals surface area contributed by atoms with Gasteiger partial charge < -0.3 is 24.4 Å². The molecular formula is C33H36F3N2O5+. The Hall–Kier alpha value is -3.71. The zero-order valence-corrected chi connectivity index (χ0v) is 24.7. The minimum Gasteiger partial charge on any atom is -0.504 e. The van der Waals surface area contributed by atoms with E-state index in [0.717, 1.165) is 53.7 Å². The smallest absolute Gasteiger partial charge is 0.416 e. The van der Waals surface area contributed by atoms with Crippen LogP contribution in [0.15, 0.2) is 30.3 Å². The summed E-state index contributed by atoms with van der Waals surface area (Å²) in [5.41, 5.74) is 0.839. The molecule has 2 fully saturated rings. The molecule has 6 rings (SSSR count). The molecule has 4 aliphatic rings. The fourth-order valence-electron chi connectivity index (χ4n) is 8.59. The van der Waals surface area contributed by atoms with Crippen molar-refractivity contribution in [1.82, 2.24) is 5.32 Å². The third-order valence-electron chi connectivity index (χ3n) is 9.96. The van der Waals surface area contributed by atoms with Crippen LogP contribution in [0.3, 0.4) is 0 Å². The average Bonchev–Trinajstić information content (AvgIpc) is 3.27. The molecule has 2 aliphatic heterocycles. The number of likely N-dealkylation sites (tertiary alicyclic amines) is 1. The number of hydrogen-bond acceptors (Lipinski definition) is 5. The number of esters is 1. The molecule has 1 saturated heterocycles. The highest BCUT2D eigenvalue weighted by atomic mass is 19.4. The van der Waals surface area contributed by atoms with Gasteiger partial charge >= 0.3 is 12.1 Å². The van der Waals surface area contributed by atoms with E-state index in [1.165, 1.54) is 25.1 Å². The van der Waals surface area contributed by atoms with Gasteiger partial charge in [-0.25, -0.2) is 0 Å². The van der Waals surface area contributed by atoms with Crippen molar-refractivity contribution in [2.75, 3.05) is 20.1 Å². The summed E-state index contributed by atoms with van der Waals surface area (Å²) in [7, 11) is 2.31. The number of quaternary nitrogens is 1. The molecule has 2 aromatic rings. The van der Waals surface area contributed by atoms with E-state index in [4.69, 9.17) is 9.47 Å². The predicted molar refractivity (Wildman–Crippen MR) is 151 cm³/mol. The van der Waals surface area contributed by atoms with Gasteiger partial charge in [-0.1, -0.05) is 19.8 Å². The van der Waals surface area contributed by atoms with Crippen LogP contribution in [0.1, 0.15) is 62.3 Å². The molecule has 0 radical (unpaired) electrons. The van der Waals surface area contributed by atoms with Crippen LogP contribution in [0.4, 0.5) is 13.2 Å². The average molecular weight is 598 g/mol. The van der Waals surface area contributed by atoms with Crippen molar-refractivity contribution in [3.05, 3.63) is 52.6 Å². The molecule has 2 N–H and O–H groups in total. The summed E-state index contributed by atoms with van der Waals surface area (Å²) < 4.78 is 51.8. The van der Waals surface area contributed by atoms with Crippen molar-refractivity contribution in [3.63, 3.8) is 0 Å². The number of alkyl halides is 3. The first kappa shape index (κ1) is 29.4. The number of hydrogen-bond donors (Lipinski definition) is 2. The zero-order chi connectivity index (χ0) is 30.9. The summed E-state index contributed by atoms with van der Waals surface area (Å²) in [6.45, 7) is 7.71. The molecule has 228 valence electrons. The molecule has 2 aliphatic carbocycles. The Bertz CT molecular complexity index is 1540. The van der Waals surface area contributed by atoms with Gasteiger partial charge in [0.25, 0.3) is 5.91 Å². The van der Waals surface area contributed by atoms with Crippen molar-refractivity contribution in [1.29, 1.82) is 0 Å². The molecule has 7 nitrogen and oxygen atoms in total. The van der Waals surface area contributed by atoms with Gasteiger partial charge in [0.15, 0.2) is 11.5 Å². The number of phenolic OH excluding ortho intramolecular Hbond substituents is 1. The van der Waals surface area contributed by atoms with Crippen molar-refractivity contribution in [2.24, 2.45) is 11.8 Å². The van der Waals surface area contributed by atoms with E-state index in [9.17, 15) is 27.9 Å². The minimum atomic E-state index is -4.45. The number of nitrogens with zero attached hydrogens (tertiary/aromatic N) is 1. The molecule has 2 bridgehead atoms. The van der Waals surface area contributed by atoms with Crippen molar-refractivity contribution < 1.29 is 41.8 Å². The van der Waals surface area contributed by atoms with Gasteiger partial charge in [-0.2, -0.15) is 13.2 Å². The molecule has 6 atom stereocenters. The van der Waals surface area contributed by atoms with Crippen LogP contribution in [0, 0.1) is 23.7 Å². The number of benzene rings is 2. The molecule has 1 amide bonds. The number of carbonyl (C=O) groups is 2. The number of likely N-dealkylation sites (N-methyl/N-ethyl adjacent to an activating group) is 1. The van der Waals surface area contributed by atoms with Crippen LogP contribution in [0.2, 0.25) is 0 Å². The number of carbonyl (C=O) groups excluding carboxylic acids is 2. The maximum atomic E-state index is 13.0. The Morgan fingerprint density at radius 3 is 2.60 bits per heavy atom. The first-order chi connectivity index (χ1) is 20.2. The Kier molecular flexibility index (Phi) is 6.96. The van der Waals surface area contributed by atoms with E-state index in [1.807, 2.05) is 0 Å². The van der Waals surface area contributed by atoms with Crippen molar-refractivity contribution in [3.8, 4) is 29.1 Å². The van der Waals surface area contributed by atoms with E-state index in [2.05, 4.69) is 38.1 Å². The molecule has 2 aromatic carbocycles. The molecule has 10 heteroatoms. The van der Waals surface area contributed by atoms with E-state index in [1.54, 1.807) is 0 Å². The third kappa shape index (κ3) is 4.82. The maximum absolute atomic E-state index is 13.0. The van der Waals surface area contributed by atoms with E-state index < -0.39 is 41.2 Å². The summed E-state index contributed by atoms with van der Waals surface area (Å²) in [6.07, 6.45) is -1.92. The lowest BCUT2D eigenvalue weighted by Gasteiger charge is -2.62. The van der Waals surface area contributed by atoms with E-state index in [0.29, 0.717) is 35.8 Å². The lowest BCUT2D eigenvalue weighted by Crippen LogP contribution is -2.73. The fraction of sp³-hybridized carbons (Fsp3) is 0.515. The standard InChI is InChI=1S/C33H35F3N2O5/c1-18(2)17-38(4)14-13-32-23-10-11-24(37-28(41)12-7-20-5-8-21(9-6-20)33(34,35)36)31(32)43-30-26(40)16-27(42-19(3)39)22(29(30)32)15-25(23)38/h5-6,8-9,16,18,23-25,31H,10-11,13-15,17H2,1-4H3,(H-,37,40,41)/p+1/t23-,24+,25+,31-,32-,38?/m0/s1. The Morgan fingerprint density at radius 2 is 1.95 bits per heavy atom. The molecule has 1 unspecified atom stereocenters. The third-order valence-corrected chi connectivity index (χ3v) is 9.96. The predicted octanol–water partition coefficient (Wildman–Crippen LogP) is 4.71. The van der Waals surface area contributed by atoms with Crippen LogP contribution in [-0.4, -0.2) is 59.8 Å². The Morgan fingerprint density at radius 1 is 1.23 bits per heavy atom. The highest BCUT2D eigenvalue weighted by molar-refractivity contribution is 5.94. The number of aromatic hydroxyl groups is 1. The van der Waals surface area contributed by atoms with Gasteiger partial charge in [-0.3, -0.25) is 9.59 Å². The summed E-state index contributed by atoms with van der Waals surface area (Å²) in [4.78, 5) is 25.1. The number of ether oxygens (including phenoxy) is 2. The monoisotopic (exact) mass is 597 g/mol. The van der Waals surface area contributed by atoms with Gasteiger partial charge in [0, 0.05) is 60.3 Å². The van der Waals surface area contributed by atoms with Crippen LogP contribution in [0.5, 0.6) is 17.2 Å². The van der Waals surface area contributed by atoms with Gasteiger partial charge in [-0.15, -0.1) is 0 Å². The second-order valence-corrected chi connectivity index (χ2v) is 13.1. The molecule has 43 heavy (non-hydrogen) atoms. The molecule has 0 aromatic heterocycles. The number of halogens is 3. The van der Waals surface area contributed by atoms with Crippen LogP contribution in [-0.2, 0) is 27.6 Å². The number of amides is 1. The zero-order valence-electron chi connectivity index (χ0n) is 24.7. The second-order valence-electron chi connectivity index (χ2n) is 13.1. The van der Waals surface area contributed by atoms with Gasteiger partial charge in [0.1, 0.15) is 11.9 Å². The maximum Gasteiger partial charge on any atom is 0.416 e. The lowest BCUT2D eigenvalue weighted by atomic mass is 9.50. The normalized spacial score (nSPS) is 30.0. The Labute approximate surface area is 248 Å². The minimum absolute atomic E-state index is 0.0897. The van der Waals surface area contributed by atoms with E-state index >= 15 is 0 Å². The topological polar surface area (TPSA) is 84.9 Å². The van der Waals surface area contributed by atoms with Crippen molar-refractivity contribution in [2.45, 2.75) is 76.2 Å². The molecule has 1 saturated carbocycles. The molecular weight excluding hydrogens is 561 g/mol. The largest absolute Gasteiger partial charge is 0.504 e. The van der Waals surface area contributed by atoms with Gasteiger partial charge in [0.05, 0.1) is 43.2 Å². The fourth-order valence-corrected chi connectivity index (χ4v) is 8.59. The highest BCUT2D eigenvalue weighted by Crippen LogP contribution is 2.66. The van der Waals surface area contributed by atoms with Gasteiger partial charge in [0.2, 0.25) is 0 Å². The van der Waals surface area contributed by atoms with Crippen LogP contribution < -0.4 is 14.8 Å². The highest BCUT2D eigenvalue weighted by Gasteiger charge is 2.69. The SMILES string of the molecule is CC(=O)Oc1cc(O)c2c3c1C[C@@H]1[C@@H]4CC[C@@H](NC(=O)C#Cc5ccc(C(F)(F)F)cc5)[C@H](O2)[C@]34CC[N+]1(C)CC(C)C. The van der Waals surface area contributed by atoms with E-state index in [-0.39, 0.29) is 17.7 Å². The number of rotatable bonds is 4. The summed E-state index contributed by atoms with van der Waals surface area (Å²) in [6, 6.07) is 5.67. The van der Waals surface area contributed by atoms with Crippen LogP contribution >= 0.6 is 0 Å².